The molecule has 0 saturated carbocycles. The topological polar surface area (TPSA) is 43.3 Å². The fraction of sp³-hybridized carbons (Fsp3) is 0.227. The van der Waals surface area contributed by atoms with Gasteiger partial charge in [0.2, 0.25) is 5.91 Å². The number of rotatable bonds is 7. The third-order valence-electron chi connectivity index (χ3n) is 4.24. The Kier molecular flexibility index (Phi) is 5.74. The van der Waals surface area contributed by atoms with E-state index >= 15 is 0 Å². The highest BCUT2D eigenvalue weighted by atomic mass is 16.5. The van der Waals surface area contributed by atoms with E-state index in [9.17, 15) is 4.79 Å². The van der Waals surface area contributed by atoms with Crippen LogP contribution in [0.15, 0.2) is 73.1 Å². The van der Waals surface area contributed by atoms with Gasteiger partial charge in [0.15, 0.2) is 0 Å². The van der Waals surface area contributed by atoms with Crippen LogP contribution in [0.1, 0.15) is 30.5 Å². The van der Waals surface area contributed by atoms with E-state index in [-0.39, 0.29) is 11.9 Å². The minimum atomic E-state index is -0.0346. The van der Waals surface area contributed by atoms with E-state index in [0.717, 1.165) is 17.0 Å². The first-order chi connectivity index (χ1) is 12.7. The second kappa shape index (κ2) is 8.39. The van der Waals surface area contributed by atoms with Crippen molar-refractivity contribution >= 4 is 11.6 Å². The molecular weight excluding hydrogens is 324 g/mol. The number of carbonyl (C=O) groups is 1. The molecule has 1 heterocycles. The quantitative estimate of drug-likeness (QED) is 0.665. The number of aromatic nitrogens is 1. The highest BCUT2D eigenvalue weighted by Gasteiger charge is 2.17. The molecule has 4 heteroatoms. The molecular formula is C22H24N2O2. The molecule has 1 aromatic heterocycles. The molecule has 26 heavy (non-hydrogen) atoms. The van der Waals surface area contributed by atoms with Gasteiger partial charge in [0.25, 0.3) is 0 Å². The maximum Gasteiger partial charge on any atom is 0.226 e. The normalized spacial score (nSPS) is 11.8. The summed E-state index contributed by atoms with van der Waals surface area (Å²) >= 11 is 0. The zero-order valence-electron chi connectivity index (χ0n) is 15.2. The molecule has 4 nitrogen and oxygen atoms in total. The number of nitrogens with zero attached hydrogens (tertiary/aromatic N) is 1. The van der Waals surface area contributed by atoms with E-state index in [1.807, 2.05) is 61.8 Å². The number of benzene rings is 2. The smallest absolute Gasteiger partial charge is 0.226 e. The van der Waals surface area contributed by atoms with E-state index in [2.05, 4.69) is 35.0 Å². The lowest BCUT2D eigenvalue weighted by Gasteiger charge is -2.20. The Morgan fingerprint density at radius 3 is 2.46 bits per heavy atom. The van der Waals surface area contributed by atoms with E-state index in [0.29, 0.717) is 13.0 Å². The molecule has 0 saturated heterocycles. The Morgan fingerprint density at radius 1 is 1.08 bits per heavy atom. The molecule has 1 amide bonds. The molecule has 0 aliphatic heterocycles. The maximum atomic E-state index is 12.6. The Morgan fingerprint density at radius 2 is 1.81 bits per heavy atom. The number of anilines is 1. The van der Waals surface area contributed by atoms with E-state index < -0.39 is 0 Å². The van der Waals surface area contributed by atoms with Crippen LogP contribution in [-0.4, -0.2) is 17.1 Å². The van der Waals surface area contributed by atoms with Gasteiger partial charge in [-0.05, 0) is 55.8 Å². The van der Waals surface area contributed by atoms with Crippen LogP contribution in [0.4, 0.5) is 5.69 Å². The molecule has 0 aliphatic rings. The average Bonchev–Trinajstić information content (AvgIpc) is 3.16. The van der Waals surface area contributed by atoms with Crippen molar-refractivity contribution in [3.05, 3.63) is 84.2 Å². The Hall–Kier alpha value is -3.01. The van der Waals surface area contributed by atoms with Gasteiger partial charge in [-0.25, -0.2) is 0 Å². The first-order valence-corrected chi connectivity index (χ1v) is 8.87. The summed E-state index contributed by atoms with van der Waals surface area (Å²) in [6, 6.07) is 19.7. The predicted molar refractivity (Wildman–Crippen MR) is 105 cm³/mol. The number of ether oxygens (including phenoxy) is 1. The second-order valence-corrected chi connectivity index (χ2v) is 6.27. The molecule has 0 fully saturated rings. The summed E-state index contributed by atoms with van der Waals surface area (Å²) in [5.74, 6) is 0.782. The fourth-order valence-corrected chi connectivity index (χ4v) is 3.02. The van der Waals surface area contributed by atoms with Crippen LogP contribution in [0.2, 0.25) is 0 Å². The molecule has 0 aliphatic carbocycles. The van der Waals surface area contributed by atoms with Gasteiger partial charge in [0.1, 0.15) is 5.75 Å². The van der Waals surface area contributed by atoms with E-state index in [1.54, 1.807) is 0 Å². The summed E-state index contributed by atoms with van der Waals surface area (Å²) in [4.78, 5) is 12.6. The van der Waals surface area contributed by atoms with E-state index in [4.69, 9.17) is 4.74 Å². The molecule has 1 atom stereocenters. The monoisotopic (exact) mass is 348 g/mol. The Balaban J connectivity index is 1.73. The van der Waals surface area contributed by atoms with Crippen molar-refractivity contribution in [1.82, 2.24) is 4.57 Å². The Bertz CT molecular complexity index is 839. The molecule has 0 radical (unpaired) electrons. The van der Waals surface area contributed by atoms with Gasteiger partial charge < -0.3 is 14.6 Å². The largest absolute Gasteiger partial charge is 0.494 e. The lowest BCUT2D eigenvalue weighted by molar-refractivity contribution is -0.116. The summed E-state index contributed by atoms with van der Waals surface area (Å²) < 4.78 is 7.51. The van der Waals surface area contributed by atoms with Gasteiger partial charge in [-0.2, -0.15) is 0 Å². The molecule has 0 bridgehead atoms. The molecule has 2 aromatic carbocycles. The van der Waals surface area contributed by atoms with E-state index in [1.165, 1.54) is 5.56 Å². The molecule has 134 valence electrons. The summed E-state index contributed by atoms with van der Waals surface area (Å²) in [7, 11) is 0. The van der Waals surface area contributed by atoms with Crippen molar-refractivity contribution in [3.8, 4) is 5.75 Å². The van der Waals surface area contributed by atoms with Gasteiger partial charge >= 0.3 is 0 Å². The van der Waals surface area contributed by atoms with Crippen LogP contribution in [0.5, 0.6) is 5.75 Å². The number of hydrogen-bond acceptors (Lipinski definition) is 2. The number of hydrogen-bond donors (Lipinski definition) is 1. The van der Waals surface area contributed by atoms with Gasteiger partial charge in [0, 0.05) is 18.1 Å². The highest BCUT2D eigenvalue weighted by molar-refractivity contribution is 5.91. The van der Waals surface area contributed by atoms with Crippen LogP contribution in [-0.2, 0) is 4.79 Å². The van der Waals surface area contributed by atoms with Crippen molar-refractivity contribution in [2.45, 2.75) is 26.3 Å². The van der Waals surface area contributed by atoms with Crippen LogP contribution >= 0.6 is 0 Å². The SMILES string of the molecule is CCOc1ccc(NC(=O)C[C@H](c2cccc(C)c2)n2cccc2)cc1. The first-order valence-electron chi connectivity index (χ1n) is 8.87. The summed E-state index contributed by atoms with van der Waals surface area (Å²) in [5.41, 5.74) is 3.09. The van der Waals surface area contributed by atoms with Crippen molar-refractivity contribution in [2.75, 3.05) is 11.9 Å². The Labute approximate surface area is 154 Å². The number of aryl methyl sites for hydroxylation is 1. The highest BCUT2D eigenvalue weighted by Crippen LogP contribution is 2.24. The standard InChI is InChI=1S/C22H24N2O2/c1-3-26-20-11-9-19(10-12-20)23-22(25)16-21(24-13-4-5-14-24)18-8-6-7-17(2)15-18/h4-15,21H,3,16H2,1-2H3,(H,23,25)/t21-/m1/s1. The summed E-state index contributed by atoms with van der Waals surface area (Å²) in [6.45, 7) is 4.64. The molecule has 0 unspecified atom stereocenters. The predicted octanol–water partition coefficient (Wildman–Crippen LogP) is 4.81. The molecule has 0 spiro atoms. The zero-order valence-corrected chi connectivity index (χ0v) is 15.2. The summed E-state index contributed by atoms with van der Waals surface area (Å²) in [5, 5.41) is 2.98. The number of amides is 1. The van der Waals surface area contributed by atoms with Crippen LogP contribution in [0.3, 0.4) is 0 Å². The fourth-order valence-electron chi connectivity index (χ4n) is 3.02. The average molecular weight is 348 g/mol. The van der Waals surface area contributed by atoms with Crippen molar-refractivity contribution < 1.29 is 9.53 Å². The molecule has 3 aromatic rings. The van der Waals surface area contributed by atoms with Crippen LogP contribution in [0, 0.1) is 6.92 Å². The van der Waals surface area contributed by atoms with Gasteiger partial charge in [-0.3, -0.25) is 4.79 Å². The minimum absolute atomic E-state index is 0.0191. The minimum Gasteiger partial charge on any atom is -0.494 e. The van der Waals surface area contributed by atoms with Gasteiger partial charge in [-0.1, -0.05) is 29.8 Å². The number of nitrogens with one attached hydrogen (secondary N) is 1. The van der Waals surface area contributed by atoms with Crippen LogP contribution < -0.4 is 10.1 Å². The zero-order chi connectivity index (χ0) is 18.4. The molecule has 1 N–H and O–H groups in total. The van der Waals surface area contributed by atoms with Gasteiger partial charge in [0.05, 0.1) is 19.1 Å². The molecule has 3 rings (SSSR count). The van der Waals surface area contributed by atoms with Crippen LogP contribution in [0.25, 0.3) is 0 Å². The van der Waals surface area contributed by atoms with Crippen molar-refractivity contribution in [1.29, 1.82) is 0 Å². The third kappa shape index (κ3) is 4.54. The number of carbonyl (C=O) groups excluding carboxylic acids is 1. The lowest BCUT2D eigenvalue weighted by Crippen LogP contribution is -2.19. The maximum absolute atomic E-state index is 12.6. The first kappa shape index (κ1) is 17.8. The lowest BCUT2D eigenvalue weighted by atomic mass is 10.0. The third-order valence-corrected chi connectivity index (χ3v) is 4.24. The second-order valence-electron chi connectivity index (χ2n) is 6.27. The van der Waals surface area contributed by atoms with Crippen molar-refractivity contribution in [3.63, 3.8) is 0 Å². The van der Waals surface area contributed by atoms with Gasteiger partial charge in [-0.15, -0.1) is 0 Å². The summed E-state index contributed by atoms with van der Waals surface area (Å²) in [6.07, 6.45) is 4.36. The van der Waals surface area contributed by atoms with Crippen molar-refractivity contribution in [2.24, 2.45) is 0 Å².